The number of amides is 1. The van der Waals surface area contributed by atoms with E-state index in [4.69, 9.17) is 27.9 Å². The Morgan fingerprint density at radius 2 is 1.72 bits per heavy atom. The Kier molecular flexibility index (Phi) is 9.33. The molecule has 0 aromatic heterocycles. The largest absolute Gasteiger partial charge is 0.507 e. The van der Waals surface area contributed by atoms with Gasteiger partial charge in [-0.15, -0.1) is 0 Å². The van der Waals surface area contributed by atoms with Gasteiger partial charge in [0.2, 0.25) is 0 Å². The molecular formula is C31H32Cl2N2O4. The van der Waals surface area contributed by atoms with Crippen molar-refractivity contribution in [1.82, 2.24) is 9.80 Å². The molecule has 0 spiro atoms. The summed E-state index contributed by atoms with van der Waals surface area (Å²) in [5, 5.41) is 12.2. The molecule has 1 aliphatic heterocycles. The van der Waals surface area contributed by atoms with Crippen molar-refractivity contribution in [1.29, 1.82) is 0 Å². The van der Waals surface area contributed by atoms with E-state index in [-0.39, 0.29) is 11.3 Å². The predicted molar refractivity (Wildman–Crippen MR) is 155 cm³/mol. The highest BCUT2D eigenvalue weighted by Crippen LogP contribution is 2.42. The highest BCUT2D eigenvalue weighted by Gasteiger charge is 2.46. The number of likely N-dealkylation sites (tertiary alicyclic amines) is 1. The molecule has 204 valence electrons. The third-order valence-electron chi connectivity index (χ3n) is 7.03. The summed E-state index contributed by atoms with van der Waals surface area (Å²) < 4.78 is 5.97. The summed E-state index contributed by atoms with van der Waals surface area (Å²) in [5.41, 5.74) is 2.76. The third kappa shape index (κ3) is 6.30. The molecule has 1 amide bonds. The van der Waals surface area contributed by atoms with Crippen LogP contribution in [0.25, 0.3) is 5.76 Å². The topological polar surface area (TPSA) is 70.1 Å². The maximum absolute atomic E-state index is 13.4. The number of likely N-dealkylation sites (N-methyl/N-ethyl adjacent to an activating group) is 1. The molecule has 1 aliphatic rings. The van der Waals surface area contributed by atoms with Crippen LogP contribution < -0.4 is 4.74 Å². The highest BCUT2D eigenvalue weighted by molar-refractivity contribution is 6.47. The number of nitrogens with zero attached hydrogens (tertiary/aromatic N) is 2. The van der Waals surface area contributed by atoms with Crippen LogP contribution in [-0.4, -0.2) is 52.8 Å². The molecule has 0 aliphatic carbocycles. The minimum absolute atomic E-state index is 0.00104. The lowest BCUT2D eigenvalue weighted by Crippen LogP contribution is -2.38. The van der Waals surface area contributed by atoms with Crippen LogP contribution in [0.2, 0.25) is 10.0 Å². The third-order valence-corrected chi connectivity index (χ3v) is 7.60. The average molecular weight is 568 g/mol. The van der Waals surface area contributed by atoms with E-state index < -0.39 is 17.7 Å². The lowest BCUT2D eigenvalue weighted by atomic mass is 9.94. The van der Waals surface area contributed by atoms with Crippen LogP contribution in [0, 0.1) is 6.92 Å². The molecule has 1 saturated heterocycles. The number of ether oxygens (including phenoxy) is 1. The first-order valence-electron chi connectivity index (χ1n) is 13.0. The van der Waals surface area contributed by atoms with Gasteiger partial charge in [0.05, 0.1) is 11.6 Å². The smallest absolute Gasteiger partial charge is 0.295 e. The summed E-state index contributed by atoms with van der Waals surface area (Å²) in [4.78, 5) is 30.3. The SMILES string of the molecule is CCN(CC)CCN1C(=O)C(=O)/C(=C(/O)c2ccc(OCc3ccccc3)c(C)c2)C1c1ccc(Cl)cc1Cl. The molecule has 6 nitrogen and oxygen atoms in total. The van der Waals surface area contributed by atoms with Crippen LogP contribution in [-0.2, 0) is 16.2 Å². The number of carbonyl (C=O) groups excluding carboxylic acids is 2. The second-order valence-corrected chi connectivity index (χ2v) is 10.3. The second kappa shape index (κ2) is 12.7. The van der Waals surface area contributed by atoms with Gasteiger partial charge in [0.15, 0.2) is 0 Å². The van der Waals surface area contributed by atoms with Crippen LogP contribution in [0.4, 0.5) is 0 Å². The first-order chi connectivity index (χ1) is 18.7. The van der Waals surface area contributed by atoms with E-state index in [9.17, 15) is 14.7 Å². The summed E-state index contributed by atoms with van der Waals surface area (Å²) in [6, 6.07) is 19.1. The Labute approximate surface area is 239 Å². The molecule has 3 aromatic rings. The quantitative estimate of drug-likeness (QED) is 0.169. The number of ketones is 1. The van der Waals surface area contributed by atoms with Crippen LogP contribution in [0.15, 0.2) is 72.3 Å². The van der Waals surface area contributed by atoms with Gasteiger partial charge in [0.25, 0.3) is 11.7 Å². The average Bonchev–Trinajstić information content (AvgIpc) is 3.18. The molecule has 0 bridgehead atoms. The van der Waals surface area contributed by atoms with E-state index >= 15 is 0 Å². The standard InChI is InChI=1S/C31H32Cl2N2O4/c1-4-34(5-2)15-16-35-28(24-13-12-23(32)18-25(24)33)27(30(37)31(35)38)29(36)22-11-14-26(20(3)17-22)39-19-21-9-7-6-8-10-21/h6-14,17-18,28,36H,4-5,15-16,19H2,1-3H3/b29-27+. The minimum atomic E-state index is -0.848. The molecule has 1 N–H and O–H groups in total. The van der Waals surface area contributed by atoms with Crippen molar-refractivity contribution in [2.45, 2.75) is 33.4 Å². The van der Waals surface area contributed by atoms with Gasteiger partial charge in [-0.25, -0.2) is 0 Å². The van der Waals surface area contributed by atoms with Crippen LogP contribution >= 0.6 is 23.2 Å². The second-order valence-electron chi connectivity index (χ2n) is 9.44. The summed E-state index contributed by atoms with van der Waals surface area (Å²) in [6.45, 7) is 8.86. The first kappa shape index (κ1) is 28.7. The van der Waals surface area contributed by atoms with E-state index in [0.29, 0.717) is 46.6 Å². The Balaban J connectivity index is 1.72. The summed E-state index contributed by atoms with van der Waals surface area (Å²) in [7, 11) is 0. The molecule has 1 heterocycles. The maximum Gasteiger partial charge on any atom is 0.295 e. The van der Waals surface area contributed by atoms with Gasteiger partial charge in [-0.1, -0.05) is 73.4 Å². The summed E-state index contributed by atoms with van der Waals surface area (Å²) in [5.74, 6) is -1.01. The monoisotopic (exact) mass is 566 g/mol. The lowest BCUT2D eigenvalue weighted by molar-refractivity contribution is -0.140. The molecule has 4 rings (SSSR count). The number of halogens is 2. The Bertz CT molecular complexity index is 1390. The molecule has 1 unspecified atom stereocenters. The van der Waals surface area contributed by atoms with Crippen molar-refractivity contribution in [3.05, 3.63) is 105 Å². The zero-order chi connectivity index (χ0) is 28.1. The molecule has 0 saturated carbocycles. The van der Waals surface area contributed by atoms with E-state index in [2.05, 4.69) is 4.90 Å². The molecule has 39 heavy (non-hydrogen) atoms. The molecule has 1 fully saturated rings. The number of rotatable bonds is 10. The van der Waals surface area contributed by atoms with Crippen molar-refractivity contribution in [2.24, 2.45) is 0 Å². The Hall–Kier alpha value is -3.32. The molecular weight excluding hydrogens is 535 g/mol. The van der Waals surface area contributed by atoms with Gasteiger partial charge in [-0.05, 0) is 67.0 Å². The fraction of sp³-hybridized carbons (Fsp3) is 0.290. The number of Topliss-reactive ketones (excluding diaryl/α,β-unsaturated/α-hetero) is 1. The summed E-state index contributed by atoms with van der Waals surface area (Å²) in [6.07, 6.45) is 0. The first-order valence-corrected chi connectivity index (χ1v) is 13.7. The van der Waals surface area contributed by atoms with Gasteiger partial charge < -0.3 is 19.6 Å². The van der Waals surface area contributed by atoms with E-state index in [1.807, 2.05) is 51.1 Å². The summed E-state index contributed by atoms with van der Waals surface area (Å²) >= 11 is 12.7. The number of aliphatic hydroxyl groups excluding tert-OH is 1. The number of carbonyl (C=O) groups is 2. The van der Waals surface area contributed by atoms with Crippen molar-refractivity contribution in [3.8, 4) is 5.75 Å². The Morgan fingerprint density at radius 1 is 1.00 bits per heavy atom. The van der Waals surface area contributed by atoms with Crippen molar-refractivity contribution >= 4 is 40.7 Å². The van der Waals surface area contributed by atoms with Gasteiger partial charge in [0.1, 0.15) is 18.1 Å². The van der Waals surface area contributed by atoms with E-state index in [1.165, 1.54) is 4.90 Å². The normalized spacial score (nSPS) is 16.8. The number of aliphatic hydroxyl groups is 1. The number of hydrogen-bond acceptors (Lipinski definition) is 5. The van der Waals surface area contributed by atoms with Crippen LogP contribution in [0.1, 0.15) is 42.1 Å². The molecule has 0 radical (unpaired) electrons. The Morgan fingerprint density at radius 3 is 2.36 bits per heavy atom. The van der Waals surface area contributed by atoms with E-state index in [1.54, 1.807) is 36.4 Å². The molecule has 8 heteroatoms. The maximum atomic E-state index is 13.4. The zero-order valence-corrected chi connectivity index (χ0v) is 23.8. The van der Waals surface area contributed by atoms with Gasteiger partial charge in [-0.3, -0.25) is 9.59 Å². The minimum Gasteiger partial charge on any atom is -0.507 e. The molecule has 3 aromatic carbocycles. The number of hydrogen-bond donors (Lipinski definition) is 1. The van der Waals surface area contributed by atoms with Crippen molar-refractivity contribution in [2.75, 3.05) is 26.2 Å². The van der Waals surface area contributed by atoms with Crippen molar-refractivity contribution < 1.29 is 19.4 Å². The zero-order valence-electron chi connectivity index (χ0n) is 22.3. The number of benzene rings is 3. The fourth-order valence-electron chi connectivity index (χ4n) is 4.80. The predicted octanol–water partition coefficient (Wildman–Crippen LogP) is 6.64. The highest BCUT2D eigenvalue weighted by atomic mass is 35.5. The molecule has 1 atom stereocenters. The van der Waals surface area contributed by atoms with Crippen molar-refractivity contribution in [3.63, 3.8) is 0 Å². The van der Waals surface area contributed by atoms with E-state index in [0.717, 1.165) is 24.2 Å². The van der Waals surface area contributed by atoms with Crippen LogP contribution in [0.5, 0.6) is 5.75 Å². The van der Waals surface area contributed by atoms with Gasteiger partial charge in [-0.2, -0.15) is 0 Å². The lowest BCUT2D eigenvalue weighted by Gasteiger charge is -2.28. The van der Waals surface area contributed by atoms with Gasteiger partial charge >= 0.3 is 0 Å². The number of aryl methyl sites for hydroxylation is 1. The fourth-order valence-corrected chi connectivity index (χ4v) is 5.31. The van der Waals surface area contributed by atoms with Gasteiger partial charge in [0, 0.05) is 28.7 Å². The van der Waals surface area contributed by atoms with Crippen LogP contribution in [0.3, 0.4) is 0 Å².